The van der Waals surface area contributed by atoms with Crippen LogP contribution in [0.25, 0.3) is 16.9 Å². The van der Waals surface area contributed by atoms with Gasteiger partial charge in [0.2, 0.25) is 0 Å². The number of methoxy groups -OCH3 is 1. The Bertz CT molecular complexity index is 1440. The lowest BCUT2D eigenvalue weighted by Gasteiger charge is -2.18. The summed E-state index contributed by atoms with van der Waals surface area (Å²) in [6, 6.07) is 21.1. The molecule has 0 spiro atoms. The fraction of sp³-hybridized carbons (Fsp3) is 0.111. The molecule has 5 rings (SSSR count). The van der Waals surface area contributed by atoms with Gasteiger partial charge >= 0.3 is 5.97 Å². The van der Waals surface area contributed by atoms with E-state index in [1.165, 1.54) is 6.07 Å². The van der Waals surface area contributed by atoms with Crippen LogP contribution in [0.15, 0.2) is 79.0 Å². The fourth-order valence-corrected chi connectivity index (χ4v) is 3.75. The molecule has 9 heteroatoms. The minimum Gasteiger partial charge on any atom is -0.497 e. The van der Waals surface area contributed by atoms with E-state index >= 15 is 0 Å². The molecule has 2 heterocycles. The number of esters is 1. The Morgan fingerprint density at radius 3 is 2.58 bits per heavy atom. The molecule has 0 fully saturated rings. The number of para-hydroxylation sites is 1. The summed E-state index contributed by atoms with van der Waals surface area (Å²) in [5.41, 5.74) is 2.75. The monoisotopic (exact) mass is 483 g/mol. The molecule has 0 saturated heterocycles. The Morgan fingerprint density at radius 1 is 1.06 bits per heavy atom. The Labute approximate surface area is 206 Å². The average Bonchev–Trinajstić information content (AvgIpc) is 3.37. The lowest BCUT2D eigenvalue weighted by molar-refractivity contribution is -0.118. The second-order valence-electron chi connectivity index (χ2n) is 7.95. The molecule has 36 heavy (non-hydrogen) atoms. The van der Waals surface area contributed by atoms with Crippen molar-refractivity contribution in [2.45, 2.75) is 0 Å². The molecule has 0 aliphatic carbocycles. The number of nitrogens with zero attached hydrogens (tertiary/aromatic N) is 2. The maximum Gasteiger partial charge on any atom is 0.342 e. The van der Waals surface area contributed by atoms with Gasteiger partial charge in [-0.05, 0) is 54.6 Å². The molecule has 0 bridgehead atoms. The first-order valence-corrected chi connectivity index (χ1v) is 11.1. The number of Topliss-reactive ketones (excluding diaryl/α,β-unsaturated/α-hetero) is 1. The third kappa shape index (κ3) is 4.67. The van der Waals surface area contributed by atoms with Crippen molar-refractivity contribution in [3.63, 3.8) is 0 Å². The molecule has 1 aliphatic heterocycles. The predicted molar refractivity (Wildman–Crippen MR) is 131 cm³/mol. The number of ketones is 1. The van der Waals surface area contributed by atoms with Gasteiger partial charge in [-0.3, -0.25) is 9.59 Å². The van der Waals surface area contributed by atoms with Crippen molar-refractivity contribution in [2.75, 3.05) is 25.6 Å². The first-order chi connectivity index (χ1) is 17.5. The quantitative estimate of drug-likeness (QED) is 0.313. The molecular formula is C27H21N3O6. The zero-order valence-electron chi connectivity index (χ0n) is 19.3. The number of hydrogen-bond acceptors (Lipinski definition) is 7. The van der Waals surface area contributed by atoms with Crippen LogP contribution in [0.5, 0.6) is 11.5 Å². The van der Waals surface area contributed by atoms with E-state index in [1.807, 2.05) is 30.3 Å². The van der Waals surface area contributed by atoms with Crippen molar-refractivity contribution >= 4 is 23.3 Å². The number of amides is 1. The topological polar surface area (TPSA) is 109 Å². The molecular weight excluding hydrogens is 462 g/mol. The first-order valence-electron chi connectivity index (χ1n) is 11.1. The zero-order valence-corrected chi connectivity index (χ0v) is 19.3. The maximum absolute atomic E-state index is 13.1. The summed E-state index contributed by atoms with van der Waals surface area (Å²) >= 11 is 0. The smallest absolute Gasteiger partial charge is 0.342 e. The minimum absolute atomic E-state index is 0.0783. The van der Waals surface area contributed by atoms with E-state index in [2.05, 4.69) is 10.4 Å². The largest absolute Gasteiger partial charge is 0.497 e. The Balaban J connectivity index is 1.38. The Morgan fingerprint density at radius 2 is 1.83 bits per heavy atom. The number of nitrogens with one attached hydrogen (secondary N) is 1. The van der Waals surface area contributed by atoms with Gasteiger partial charge in [-0.25, -0.2) is 9.48 Å². The normalized spacial score (nSPS) is 12.2. The van der Waals surface area contributed by atoms with Gasteiger partial charge in [0.1, 0.15) is 22.8 Å². The highest BCUT2D eigenvalue weighted by molar-refractivity contribution is 6.03. The zero-order chi connectivity index (χ0) is 25.1. The summed E-state index contributed by atoms with van der Waals surface area (Å²) in [5.74, 6) is -0.276. The molecule has 0 unspecified atom stereocenters. The van der Waals surface area contributed by atoms with E-state index in [0.29, 0.717) is 28.4 Å². The summed E-state index contributed by atoms with van der Waals surface area (Å²) in [4.78, 5) is 37.4. The summed E-state index contributed by atoms with van der Waals surface area (Å²) in [6.07, 6.45) is 1.58. The molecule has 1 N–H and O–H groups in total. The van der Waals surface area contributed by atoms with E-state index in [-0.39, 0.29) is 23.6 Å². The lowest BCUT2D eigenvalue weighted by atomic mass is 10.1. The van der Waals surface area contributed by atoms with Crippen molar-refractivity contribution in [1.82, 2.24) is 9.78 Å². The third-order valence-corrected chi connectivity index (χ3v) is 5.59. The number of carbonyl (C=O) groups is 3. The second-order valence-corrected chi connectivity index (χ2v) is 7.95. The number of ether oxygens (including phenoxy) is 3. The van der Waals surface area contributed by atoms with Crippen molar-refractivity contribution < 1.29 is 28.6 Å². The van der Waals surface area contributed by atoms with Crippen LogP contribution in [0.2, 0.25) is 0 Å². The average molecular weight is 483 g/mol. The Kier molecular flexibility index (Phi) is 6.19. The lowest BCUT2D eigenvalue weighted by Crippen LogP contribution is -2.25. The van der Waals surface area contributed by atoms with Gasteiger partial charge in [0.15, 0.2) is 19.0 Å². The van der Waals surface area contributed by atoms with Crippen LogP contribution in [-0.2, 0) is 9.53 Å². The molecule has 1 aliphatic rings. The van der Waals surface area contributed by atoms with Crippen molar-refractivity contribution in [3.05, 3.63) is 90.1 Å². The van der Waals surface area contributed by atoms with Crippen molar-refractivity contribution in [3.8, 4) is 28.4 Å². The van der Waals surface area contributed by atoms with Crippen LogP contribution in [0.4, 0.5) is 5.69 Å². The molecule has 1 aromatic heterocycles. The van der Waals surface area contributed by atoms with Gasteiger partial charge in [-0.15, -0.1) is 0 Å². The van der Waals surface area contributed by atoms with Gasteiger partial charge in [-0.1, -0.05) is 18.2 Å². The third-order valence-electron chi connectivity index (χ3n) is 5.59. The van der Waals surface area contributed by atoms with E-state index < -0.39 is 18.4 Å². The first kappa shape index (κ1) is 22.9. The van der Waals surface area contributed by atoms with Crippen LogP contribution in [0, 0.1) is 0 Å². The van der Waals surface area contributed by atoms with Crippen LogP contribution in [0.3, 0.4) is 0 Å². The second kappa shape index (κ2) is 9.75. The molecule has 180 valence electrons. The van der Waals surface area contributed by atoms with E-state index in [1.54, 1.807) is 54.4 Å². The van der Waals surface area contributed by atoms with Gasteiger partial charge in [0.05, 0.1) is 18.5 Å². The summed E-state index contributed by atoms with van der Waals surface area (Å²) in [7, 11) is 1.57. The van der Waals surface area contributed by atoms with Crippen LogP contribution in [0.1, 0.15) is 20.7 Å². The molecule has 9 nitrogen and oxygen atoms in total. The summed E-state index contributed by atoms with van der Waals surface area (Å²) in [6.45, 7) is -0.559. The molecule has 3 aromatic carbocycles. The number of fused-ring (bicyclic) bond motifs is 1. The number of benzene rings is 3. The van der Waals surface area contributed by atoms with Crippen molar-refractivity contribution in [1.29, 1.82) is 0 Å². The van der Waals surface area contributed by atoms with Gasteiger partial charge in [-0.2, -0.15) is 5.10 Å². The van der Waals surface area contributed by atoms with E-state index in [9.17, 15) is 14.4 Å². The van der Waals surface area contributed by atoms with Crippen molar-refractivity contribution in [2.24, 2.45) is 0 Å². The molecule has 0 radical (unpaired) electrons. The standard InChI is InChI=1S/C27H21N3O6/c1-34-20-10-7-17(8-11-20)26-21(14-30(29-26)19-5-3-2-4-6-19)27(33)36-15-23(31)18-9-12-24-22(13-18)28-25(32)16-35-24/h2-14H,15-16H2,1H3,(H,28,32). The number of carbonyl (C=O) groups excluding carboxylic acids is 3. The number of hydrogen-bond donors (Lipinski definition) is 1. The van der Waals surface area contributed by atoms with E-state index in [4.69, 9.17) is 14.2 Å². The van der Waals surface area contributed by atoms with E-state index in [0.717, 1.165) is 5.69 Å². The predicted octanol–water partition coefficient (Wildman–Crippen LogP) is 3.92. The highest BCUT2D eigenvalue weighted by atomic mass is 16.5. The number of rotatable bonds is 7. The van der Waals surface area contributed by atoms with Gasteiger partial charge < -0.3 is 19.5 Å². The highest BCUT2D eigenvalue weighted by Crippen LogP contribution is 2.29. The summed E-state index contributed by atoms with van der Waals surface area (Å²) in [5, 5.41) is 7.26. The summed E-state index contributed by atoms with van der Waals surface area (Å²) < 4.78 is 17.5. The molecule has 1 amide bonds. The van der Waals surface area contributed by atoms with Crippen LogP contribution < -0.4 is 14.8 Å². The van der Waals surface area contributed by atoms with Gasteiger partial charge in [0, 0.05) is 17.3 Å². The molecule has 0 saturated carbocycles. The minimum atomic E-state index is -0.689. The SMILES string of the molecule is COc1ccc(-c2nn(-c3ccccc3)cc2C(=O)OCC(=O)c2ccc3c(c2)NC(=O)CO3)cc1. The maximum atomic E-state index is 13.1. The molecule has 0 atom stereocenters. The number of anilines is 1. The Hall–Kier alpha value is -4.92. The molecule has 4 aromatic rings. The van der Waals surface area contributed by atoms with Crippen LogP contribution >= 0.6 is 0 Å². The fourth-order valence-electron chi connectivity index (χ4n) is 3.75. The number of aromatic nitrogens is 2. The highest BCUT2D eigenvalue weighted by Gasteiger charge is 2.22. The van der Waals surface area contributed by atoms with Crippen LogP contribution in [-0.4, -0.2) is 47.8 Å². The van der Waals surface area contributed by atoms with Gasteiger partial charge in [0.25, 0.3) is 5.91 Å².